The third-order valence-corrected chi connectivity index (χ3v) is 9.58. The number of benzene rings is 2. The van der Waals surface area contributed by atoms with Crippen molar-refractivity contribution < 1.29 is 14.4 Å². The Labute approximate surface area is 284 Å². The number of ether oxygens (including phenoxy) is 1. The lowest BCUT2D eigenvalue weighted by Gasteiger charge is -2.43. The van der Waals surface area contributed by atoms with Crippen LogP contribution in [0.4, 0.5) is 28.7 Å². The van der Waals surface area contributed by atoms with E-state index in [-0.39, 0.29) is 11.9 Å². The van der Waals surface area contributed by atoms with Gasteiger partial charge in [0.15, 0.2) is 5.82 Å². The predicted molar refractivity (Wildman–Crippen MR) is 191 cm³/mol. The Bertz CT molecular complexity index is 1520. The number of hydrogen-bond donors (Lipinski definition) is 2. The molecule has 1 aromatic heterocycles. The number of piperazine rings is 1. The molecule has 3 aliphatic rings. The van der Waals surface area contributed by atoms with E-state index in [1.807, 2.05) is 41.5 Å². The molecule has 12 heteroatoms. The molecule has 0 saturated carbocycles. The number of piperidine rings is 1. The highest BCUT2D eigenvalue weighted by Crippen LogP contribution is 2.40. The Balaban J connectivity index is 1.16. The second-order valence-electron chi connectivity index (χ2n) is 12.9. The number of hydroxylamine groups is 1. The van der Waals surface area contributed by atoms with Gasteiger partial charge in [0, 0.05) is 77.0 Å². The molecule has 6 rings (SSSR count). The van der Waals surface area contributed by atoms with E-state index in [4.69, 9.17) is 9.57 Å². The van der Waals surface area contributed by atoms with Crippen molar-refractivity contribution in [3.05, 3.63) is 73.1 Å². The Morgan fingerprint density at radius 3 is 2.50 bits per heavy atom. The number of aromatic nitrogens is 2. The van der Waals surface area contributed by atoms with E-state index in [0.29, 0.717) is 41.4 Å². The largest absolute Gasteiger partial charge is 0.494 e. The number of methoxy groups -OCH3 is 1. The first-order valence-electron chi connectivity index (χ1n) is 17.0. The van der Waals surface area contributed by atoms with Crippen molar-refractivity contribution in [2.24, 2.45) is 0 Å². The zero-order valence-electron chi connectivity index (χ0n) is 28.5. The van der Waals surface area contributed by atoms with Crippen molar-refractivity contribution in [3.8, 4) is 5.75 Å². The van der Waals surface area contributed by atoms with Crippen molar-refractivity contribution in [1.82, 2.24) is 24.7 Å². The van der Waals surface area contributed by atoms with Crippen LogP contribution >= 0.6 is 0 Å². The van der Waals surface area contributed by atoms with Gasteiger partial charge in [-0.3, -0.25) is 19.4 Å². The lowest BCUT2D eigenvalue weighted by Crippen LogP contribution is -2.54. The van der Waals surface area contributed by atoms with Crippen molar-refractivity contribution in [2.75, 3.05) is 101 Å². The lowest BCUT2D eigenvalue weighted by atomic mass is 10.0. The van der Waals surface area contributed by atoms with Crippen LogP contribution in [-0.4, -0.2) is 117 Å². The first-order chi connectivity index (χ1) is 23.4. The van der Waals surface area contributed by atoms with Gasteiger partial charge in [-0.25, -0.2) is 15.0 Å². The first kappa shape index (κ1) is 33.7. The van der Waals surface area contributed by atoms with Crippen molar-refractivity contribution in [1.29, 1.82) is 0 Å². The van der Waals surface area contributed by atoms with E-state index in [1.165, 1.54) is 18.0 Å². The molecular weight excluding hydrogens is 606 g/mol. The Kier molecular flexibility index (Phi) is 11.1. The summed E-state index contributed by atoms with van der Waals surface area (Å²) in [6.07, 6.45) is 5.82. The van der Waals surface area contributed by atoms with Gasteiger partial charge in [0.2, 0.25) is 5.91 Å². The van der Waals surface area contributed by atoms with Gasteiger partial charge in [-0.15, -0.1) is 0 Å². The summed E-state index contributed by atoms with van der Waals surface area (Å²) in [5.41, 5.74) is 3.47. The number of rotatable bonds is 12. The molecule has 3 aromatic rings. The number of hydrogen-bond acceptors (Lipinski definition) is 11. The van der Waals surface area contributed by atoms with Gasteiger partial charge in [-0.05, 0) is 44.6 Å². The summed E-state index contributed by atoms with van der Waals surface area (Å²) in [6.45, 7) is 12.8. The summed E-state index contributed by atoms with van der Waals surface area (Å²) >= 11 is 0. The van der Waals surface area contributed by atoms with Crippen LogP contribution in [0.15, 0.2) is 67.5 Å². The standard InChI is InChI=1S/C36H49N9O3/c1-5-36(46)40-29-23-30(39-34-25-35(38-26-37-34)45-31(13-22-48-45)27-9-7-6-8-10-27)33(47-4)24-32(29)44-14-11-28(12-15-44)43-20-18-42(19-21-43)17-16-41(2)3/h5-10,23-26,28,31H,1,11-22H2,2-4H3,(H,40,46)(H,37,38,39). The van der Waals surface area contributed by atoms with E-state index in [2.05, 4.69) is 73.0 Å². The molecule has 3 fully saturated rings. The van der Waals surface area contributed by atoms with Crippen LogP contribution in [0.1, 0.15) is 30.9 Å². The zero-order valence-corrected chi connectivity index (χ0v) is 28.5. The average molecular weight is 656 g/mol. The van der Waals surface area contributed by atoms with Gasteiger partial charge in [-0.2, -0.15) is 0 Å². The van der Waals surface area contributed by atoms with Crippen LogP contribution in [-0.2, 0) is 9.63 Å². The number of likely N-dealkylation sites (N-methyl/N-ethyl adjacent to an activating group) is 1. The molecule has 0 spiro atoms. The number of amides is 1. The Morgan fingerprint density at radius 2 is 1.79 bits per heavy atom. The highest BCUT2D eigenvalue weighted by molar-refractivity contribution is 6.02. The molecule has 1 atom stereocenters. The van der Waals surface area contributed by atoms with Crippen LogP contribution in [0.2, 0.25) is 0 Å². The monoisotopic (exact) mass is 655 g/mol. The highest BCUT2D eigenvalue weighted by Gasteiger charge is 2.31. The van der Waals surface area contributed by atoms with Gasteiger partial charge in [0.25, 0.3) is 0 Å². The molecule has 1 unspecified atom stereocenters. The second-order valence-corrected chi connectivity index (χ2v) is 12.9. The fourth-order valence-electron chi connectivity index (χ4n) is 6.89. The van der Waals surface area contributed by atoms with E-state index in [0.717, 1.165) is 77.3 Å². The van der Waals surface area contributed by atoms with Gasteiger partial charge in [0.1, 0.15) is 17.9 Å². The maximum absolute atomic E-state index is 12.6. The molecule has 12 nitrogen and oxygen atoms in total. The number of nitrogens with one attached hydrogen (secondary N) is 2. The minimum Gasteiger partial charge on any atom is -0.494 e. The van der Waals surface area contributed by atoms with E-state index in [9.17, 15) is 4.79 Å². The Hall–Kier alpha value is -4.23. The van der Waals surface area contributed by atoms with Crippen molar-refractivity contribution in [3.63, 3.8) is 0 Å². The average Bonchev–Trinajstić information content (AvgIpc) is 3.62. The summed E-state index contributed by atoms with van der Waals surface area (Å²) in [6, 6.07) is 16.7. The number of anilines is 5. The second kappa shape index (κ2) is 15.8. The van der Waals surface area contributed by atoms with Crippen LogP contribution in [0, 0.1) is 0 Å². The predicted octanol–water partition coefficient (Wildman–Crippen LogP) is 4.38. The molecule has 4 heterocycles. The first-order valence-corrected chi connectivity index (χ1v) is 17.0. The topological polar surface area (TPSA) is 102 Å². The quantitative estimate of drug-likeness (QED) is 0.272. The fraction of sp³-hybridized carbons (Fsp3) is 0.472. The van der Waals surface area contributed by atoms with Gasteiger partial charge >= 0.3 is 0 Å². The van der Waals surface area contributed by atoms with Gasteiger partial charge in [0.05, 0.1) is 36.8 Å². The van der Waals surface area contributed by atoms with E-state index >= 15 is 0 Å². The molecule has 48 heavy (non-hydrogen) atoms. The van der Waals surface area contributed by atoms with Crippen molar-refractivity contribution in [2.45, 2.75) is 31.3 Å². The van der Waals surface area contributed by atoms with Gasteiger partial charge < -0.3 is 25.2 Å². The molecule has 256 valence electrons. The number of carbonyl (C=O) groups is 1. The normalized spacial score (nSPS) is 19.5. The molecular formula is C36H49N9O3. The zero-order chi connectivity index (χ0) is 33.5. The molecule has 3 aliphatic heterocycles. The van der Waals surface area contributed by atoms with Crippen LogP contribution in [0.5, 0.6) is 5.75 Å². The summed E-state index contributed by atoms with van der Waals surface area (Å²) in [5, 5.41) is 8.30. The van der Waals surface area contributed by atoms with E-state index < -0.39 is 0 Å². The smallest absolute Gasteiger partial charge is 0.247 e. The molecule has 2 aromatic carbocycles. The highest BCUT2D eigenvalue weighted by atomic mass is 16.7. The molecule has 3 saturated heterocycles. The maximum Gasteiger partial charge on any atom is 0.247 e. The number of nitrogens with zero attached hydrogens (tertiary/aromatic N) is 7. The molecule has 0 aliphatic carbocycles. The molecule has 0 radical (unpaired) electrons. The minimum absolute atomic E-state index is 0.0605. The molecule has 0 bridgehead atoms. The molecule has 2 N–H and O–H groups in total. The summed E-state index contributed by atoms with van der Waals surface area (Å²) < 4.78 is 5.88. The minimum atomic E-state index is -0.267. The van der Waals surface area contributed by atoms with Crippen molar-refractivity contribution >= 4 is 34.6 Å². The van der Waals surface area contributed by atoms with Crippen LogP contribution < -0.4 is 25.3 Å². The van der Waals surface area contributed by atoms with Crippen LogP contribution in [0.25, 0.3) is 0 Å². The maximum atomic E-state index is 12.6. The van der Waals surface area contributed by atoms with Gasteiger partial charge in [-0.1, -0.05) is 36.9 Å². The SMILES string of the molecule is C=CC(=O)Nc1cc(Nc2cc(N3OCCC3c3ccccc3)ncn2)c(OC)cc1N1CCC(N2CCN(CCN(C)C)CC2)CC1. The fourth-order valence-corrected chi connectivity index (χ4v) is 6.89. The summed E-state index contributed by atoms with van der Waals surface area (Å²) in [7, 11) is 5.93. The third kappa shape index (κ3) is 8.07. The Morgan fingerprint density at radius 1 is 1.02 bits per heavy atom. The summed E-state index contributed by atoms with van der Waals surface area (Å²) in [5.74, 6) is 1.62. The summed E-state index contributed by atoms with van der Waals surface area (Å²) in [4.78, 5) is 37.5. The van der Waals surface area contributed by atoms with E-state index in [1.54, 1.807) is 7.11 Å². The molecule has 1 amide bonds. The lowest BCUT2D eigenvalue weighted by molar-refractivity contribution is -0.111. The van der Waals surface area contributed by atoms with Crippen LogP contribution in [0.3, 0.4) is 0 Å². The number of carbonyl (C=O) groups excluding carboxylic acids is 1. The third-order valence-electron chi connectivity index (χ3n) is 9.58.